The smallest absolute Gasteiger partial charge is 0.341 e. The molecule has 1 N–H and O–H groups in total. The van der Waals surface area contributed by atoms with Crippen LogP contribution in [-0.2, 0) is 0 Å². The van der Waals surface area contributed by atoms with Crippen LogP contribution in [0.5, 0.6) is 0 Å². The summed E-state index contributed by atoms with van der Waals surface area (Å²) in [5, 5.41) is 9.61. The number of hydrogen-bond acceptors (Lipinski definition) is 4. The van der Waals surface area contributed by atoms with Crippen molar-refractivity contribution >= 4 is 46.8 Å². The lowest BCUT2D eigenvalue weighted by molar-refractivity contribution is 0.0695. The second kappa shape index (κ2) is 5.92. The van der Waals surface area contributed by atoms with Gasteiger partial charge >= 0.3 is 5.97 Å². The van der Waals surface area contributed by atoms with Gasteiger partial charge in [-0.25, -0.2) is 9.18 Å². The molecule has 0 radical (unpaired) electrons. The van der Waals surface area contributed by atoms with E-state index in [1.54, 1.807) is 4.57 Å². The van der Waals surface area contributed by atoms with Gasteiger partial charge in [-0.3, -0.25) is 4.79 Å². The van der Waals surface area contributed by atoms with Crippen LogP contribution < -0.4 is 10.3 Å². The van der Waals surface area contributed by atoms with E-state index in [1.165, 1.54) is 6.20 Å². The molecule has 2 heterocycles. The number of pyridine rings is 1. The predicted molar refractivity (Wildman–Crippen MR) is 98.0 cm³/mol. The molecule has 132 valence electrons. The zero-order valence-corrected chi connectivity index (χ0v) is 14.9. The monoisotopic (exact) mass is 382 g/mol. The number of nitrogens with zero attached hydrogens (tertiary/aromatic N) is 2. The first-order chi connectivity index (χ1) is 11.9. The fraction of sp³-hybridized carbons (Fsp3) is 0.412. The Kier molecular flexibility index (Phi) is 3.96. The number of halogens is 2. The van der Waals surface area contributed by atoms with Crippen LogP contribution in [0.15, 0.2) is 17.1 Å². The standard InChI is InChI=1S/C17H16ClFN2O3S/c18-13-14-10(5-12(19)15(13)20-4-3-9(25)6-20)16(22)11(17(23)24)7-21(14)8-1-2-8/h5,7-9,25H,1-4,6H2,(H,23,24). The highest BCUT2D eigenvalue weighted by Gasteiger charge is 2.31. The van der Waals surface area contributed by atoms with Crippen molar-refractivity contribution in [3.05, 3.63) is 38.9 Å². The summed E-state index contributed by atoms with van der Waals surface area (Å²) >= 11 is 11.0. The number of carboxylic acids is 1. The first kappa shape index (κ1) is 16.7. The number of anilines is 1. The average Bonchev–Trinajstić information content (AvgIpc) is 3.30. The van der Waals surface area contributed by atoms with Crippen molar-refractivity contribution in [3.63, 3.8) is 0 Å². The number of rotatable bonds is 3. The highest BCUT2D eigenvalue weighted by atomic mass is 35.5. The van der Waals surface area contributed by atoms with E-state index in [9.17, 15) is 19.1 Å². The van der Waals surface area contributed by atoms with Gasteiger partial charge in [0.2, 0.25) is 5.43 Å². The lowest BCUT2D eigenvalue weighted by atomic mass is 10.1. The number of benzene rings is 1. The maximum atomic E-state index is 14.8. The van der Waals surface area contributed by atoms with Crippen molar-refractivity contribution in [1.82, 2.24) is 4.57 Å². The molecule has 8 heteroatoms. The Balaban J connectivity index is 2.03. The molecular weight excluding hydrogens is 367 g/mol. The van der Waals surface area contributed by atoms with Crippen LogP contribution in [0.25, 0.3) is 10.9 Å². The first-order valence-electron chi connectivity index (χ1n) is 8.11. The van der Waals surface area contributed by atoms with Crippen LogP contribution in [0.1, 0.15) is 35.7 Å². The molecule has 2 fully saturated rings. The van der Waals surface area contributed by atoms with E-state index in [0.29, 0.717) is 18.6 Å². The summed E-state index contributed by atoms with van der Waals surface area (Å²) in [6.07, 6.45) is 3.92. The molecule has 1 saturated heterocycles. The highest BCUT2D eigenvalue weighted by molar-refractivity contribution is 7.81. The normalized spacial score (nSPS) is 20.4. The fourth-order valence-corrected chi connectivity index (χ4v) is 4.18. The quantitative estimate of drug-likeness (QED) is 0.799. The third kappa shape index (κ3) is 2.69. The van der Waals surface area contributed by atoms with Gasteiger partial charge in [-0.05, 0) is 25.3 Å². The topological polar surface area (TPSA) is 62.5 Å². The van der Waals surface area contributed by atoms with Crippen LogP contribution >= 0.6 is 24.2 Å². The van der Waals surface area contributed by atoms with Crippen molar-refractivity contribution < 1.29 is 14.3 Å². The molecule has 1 aliphatic carbocycles. The maximum absolute atomic E-state index is 14.8. The predicted octanol–water partition coefficient (Wildman–Crippen LogP) is 3.34. The fourth-order valence-electron chi connectivity index (χ4n) is 3.46. The first-order valence-corrected chi connectivity index (χ1v) is 9.01. The molecule has 0 amide bonds. The van der Waals surface area contributed by atoms with E-state index in [-0.39, 0.29) is 33.0 Å². The summed E-state index contributed by atoms with van der Waals surface area (Å²) in [6, 6.07) is 1.21. The number of aromatic nitrogens is 1. The lowest BCUT2D eigenvalue weighted by Crippen LogP contribution is -2.23. The van der Waals surface area contributed by atoms with Crippen molar-refractivity contribution in [2.45, 2.75) is 30.6 Å². The minimum atomic E-state index is -1.32. The molecule has 1 aliphatic heterocycles. The lowest BCUT2D eigenvalue weighted by Gasteiger charge is -2.23. The summed E-state index contributed by atoms with van der Waals surface area (Å²) in [5.41, 5.74) is -0.389. The molecule has 25 heavy (non-hydrogen) atoms. The number of fused-ring (bicyclic) bond motifs is 1. The minimum Gasteiger partial charge on any atom is -0.477 e. The average molecular weight is 383 g/mol. The third-order valence-corrected chi connectivity index (χ3v) is 5.61. The van der Waals surface area contributed by atoms with Gasteiger partial charge in [0.15, 0.2) is 0 Å². The van der Waals surface area contributed by atoms with Crippen LogP contribution in [0.2, 0.25) is 5.02 Å². The number of carbonyl (C=O) groups is 1. The highest BCUT2D eigenvalue weighted by Crippen LogP contribution is 2.42. The SMILES string of the molecule is O=C(O)c1cn(C2CC2)c2c(Cl)c(N3CCC(S)C3)c(F)cc2c1=O. The van der Waals surface area contributed by atoms with Gasteiger partial charge in [-0.1, -0.05) is 11.6 Å². The van der Waals surface area contributed by atoms with E-state index in [1.807, 2.05) is 4.90 Å². The molecule has 2 aliphatic rings. The van der Waals surface area contributed by atoms with Gasteiger partial charge in [-0.15, -0.1) is 0 Å². The third-order valence-electron chi connectivity index (χ3n) is 4.83. The number of thiol groups is 1. The molecular formula is C17H16ClFN2O3S. The van der Waals surface area contributed by atoms with Crippen LogP contribution in [-0.4, -0.2) is 34.0 Å². The molecule has 4 rings (SSSR count). The van der Waals surface area contributed by atoms with Crippen LogP contribution in [0, 0.1) is 5.82 Å². The molecule has 2 aromatic rings. The molecule has 5 nitrogen and oxygen atoms in total. The molecule has 1 unspecified atom stereocenters. The Morgan fingerprint density at radius 1 is 1.36 bits per heavy atom. The maximum Gasteiger partial charge on any atom is 0.341 e. The van der Waals surface area contributed by atoms with Crippen molar-refractivity contribution in [3.8, 4) is 0 Å². The van der Waals surface area contributed by atoms with Gasteiger partial charge in [0, 0.05) is 30.6 Å². The molecule has 1 atom stereocenters. The molecule has 0 spiro atoms. The summed E-state index contributed by atoms with van der Waals surface area (Å²) in [6.45, 7) is 1.21. The Morgan fingerprint density at radius 3 is 2.64 bits per heavy atom. The molecule has 0 bridgehead atoms. The summed E-state index contributed by atoms with van der Waals surface area (Å²) in [7, 11) is 0. The van der Waals surface area contributed by atoms with E-state index in [2.05, 4.69) is 12.6 Å². The van der Waals surface area contributed by atoms with E-state index >= 15 is 0 Å². The van der Waals surface area contributed by atoms with E-state index in [0.717, 1.165) is 25.3 Å². The van der Waals surface area contributed by atoms with Gasteiger partial charge < -0.3 is 14.6 Å². The minimum absolute atomic E-state index is 0.0136. The zero-order valence-electron chi connectivity index (χ0n) is 13.2. The molecule has 1 aromatic carbocycles. The van der Waals surface area contributed by atoms with E-state index in [4.69, 9.17) is 11.6 Å². The molecule has 1 aromatic heterocycles. The van der Waals surface area contributed by atoms with E-state index < -0.39 is 17.2 Å². The zero-order chi connectivity index (χ0) is 17.9. The Bertz CT molecular complexity index is 957. The molecule has 1 saturated carbocycles. The van der Waals surface area contributed by atoms with Crippen LogP contribution in [0.3, 0.4) is 0 Å². The summed E-state index contributed by atoms with van der Waals surface area (Å²) < 4.78 is 16.5. The van der Waals surface area contributed by atoms with Gasteiger partial charge in [0.05, 0.1) is 21.6 Å². The number of aromatic carboxylic acids is 1. The van der Waals surface area contributed by atoms with Gasteiger partial charge in [-0.2, -0.15) is 12.6 Å². The van der Waals surface area contributed by atoms with Crippen molar-refractivity contribution in [1.29, 1.82) is 0 Å². The van der Waals surface area contributed by atoms with Crippen molar-refractivity contribution in [2.24, 2.45) is 0 Å². The largest absolute Gasteiger partial charge is 0.477 e. The van der Waals surface area contributed by atoms with Gasteiger partial charge in [0.25, 0.3) is 0 Å². The van der Waals surface area contributed by atoms with Crippen LogP contribution in [0.4, 0.5) is 10.1 Å². The summed E-state index contributed by atoms with van der Waals surface area (Å²) in [5.74, 6) is -1.93. The second-order valence-electron chi connectivity index (χ2n) is 6.62. The number of hydrogen-bond donors (Lipinski definition) is 2. The Hall–Kier alpha value is -1.73. The second-order valence-corrected chi connectivity index (χ2v) is 7.73. The Morgan fingerprint density at radius 2 is 2.08 bits per heavy atom. The summed E-state index contributed by atoms with van der Waals surface area (Å²) in [4.78, 5) is 25.7. The Labute approximate surface area is 153 Å². The van der Waals surface area contributed by atoms with Crippen molar-refractivity contribution in [2.75, 3.05) is 18.0 Å². The van der Waals surface area contributed by atoms with Gasteiger partial charge in [0.1, 0.15) is 11.4 Å². The number of carboxylic acid groups (broad SMARTS) is 1.